The summed E-state index contributed by atoms with van der Waals surface area (Å²) < 4.78 is 11.9. The maximum absolute atomic E-state index is 6.64. The molecule has 4 aromatic carbocycles. The van der Waals surface area contributed by atoms with Crippen LogP contribution in [-0.4, -0.2) is 12.8 Å². The van der Waals surface area contributed by atoms with Crippen LogP contribution in [0.15, 0.2) is 96.0 Å². The lowest BCUT2D eigenvalue weighted by Gasteiger charge is -2.37. The summed E-state index contributed by atoms with van der Waals surface area (Å²) in [5.74, 6) is 2.05. The molecule has 0 fully saturated rings. The van der Waals surface area contributed by atoms with Crippen molar-refractivity contribution in [1.82, 2.24) is 0 Å². The van der Waals surface area contributed by atoms with Gasteiger partial charge in [0.05, 0.1) is 23.4 Å². The van der Waals surface area contributed by atoms with Gasteiger partial charge < -0.3 is 14.8 Å². The van der Waals surface area contributed by atoms with Crippen LogP contribution in [0.2, 0.25) is 10.0 Å². The number of aliphatic imine (C=N–C) groups is 1. The average molecular weight is 584 g/mol. The SMILES string of the molecule is CCOc1cc(C=Nc2ccc([C@@H]3Nc4ccc(C)cc4[C@@H]4C=CC[C@H]43)cc2)cc(Cl)c1OCc1cccc(Cl)c1. The molecule has 0 saturated carbocycles. The fourth-order valence-corrected chi connectivity index (χ4v) is 6.29. The molecule has 4 nitrogen and oxygen atoms in total. The number of fused-ring (bicyclic) bond motifs is 3. The Bertz CT molecular complexity index is 1610. The molecule has 0 radical (unpaired) electrons. The van der Waals surface area contributed by atoms with Gasteiger partial charge in [0.15, 0.2) is 11.5 Å². The molecule has 1 aliphatic carbocycles. The van der Waals surface area contributed by atoms with Crippen LogP contribution < -0.4 is 14.8 Å². The molecular weight excluding hydrogens is 551 g/mol. The largest absolute Gasteiger partial charge is 0.490 e. The first-order chi connectivity index (χ1) is 20.0. The third-order valence-corrected chi connectivity index (χ3v) is 8.25. The van der Waals surface area contributed by atoms with E-state index in [1.807, 2.05) is 43.3 Å². The number of aryl methyl sites for hydroxylation is 1. The lowest BCUT2D eigenvalue weighted by Crippen LogP contribution is -2.29. The Morgan fingerprint density at radius 1 is 0.976 bits per heavy atom. The van der Waals surface area contributed by atoms with E-state index in [4.69, 9.17) is 37.7 Å². The van der Waals surface area contributed by atoms with Gasteiger partial charge in [-0.1, -0.05) is 77.3 Å². The summed E-state index contributed by atoms with van der Waals surface area (Å²) in [5.41, 5.74) is 7.88. The standard InChI is InChI=1S/C35H32Cl2N2O2/c1-3-40-33-19-24(18-31(37)35(33)41-21-23-6-4-7-26(36)17-23)20-38-27-13-11-25(12-14-27)34-29-9-5-8-28(29)30-16-22(2)10-15-32(30)39-34/h4-8,10-20,28-29,34,39H,3,9,21H2,1-2H3/t28-,29-,34+/m1/s1. The van der Waals surface area contributed by atoms with E-state index >= 15 is 0 Å². The molecule has 0 bridgehead atoms. The van der Waals surface area contributed by atoms with Crippen LogP contribution in [0.25, 0.3) is 0 Å². The molecule has 3 atom stereocenters. The van der Waals surface area contributed by atoms with E-state index < -0.39 is 0 Å². The molecule has 0 unspecified atom stereocenters. The molecule has 2 aliphatic rings. The van der Waals surface area contributed by atoms with E-state index in [0.717, 1.165) is 23.2 Å². The molecule has 1 N–H and O–H groups in total. The molecule has 4 aromatic rings. The first-order valence-corrected chi connectivity index (χ1v) is 14.8. The molecule has 0 aromatic heterocycles. The molecule has 0 amide bonds. The minimum Gasteiger partial charge on any atom is -0.490 e. The smallest absolute Gasteiger partial charge is 0.180 e. The first kappa shape index (κ1) is 27.4. The zero-order valence-corrected chi connectivity index (χ0v) is 24.6. The number of anilines is 1. The van der Waals surface area contributed by atoms with Gasteiger partial charge in [0.2, 0.25) is 0 Å². The van der Waals surface area contributed by atoms with Gasteiger partial charge in [0.25, 0.3) is 0 Å². The van der Waals surface area contributed by atoms with Crippen LogP contribution in [0.1, 0.15) is 53.1 Å². The summed E-state index contributed by atoms with van der Waals surface area (Å²) in [6.07, 6.45) is 7.59. The Kier molecular flexibility index (Phi) is 8.04. The highest BCUT2D eigenvalue weighted by atomic mass is 35.5. The summed E-state index contributed by atoms with van der Waals surface area (Å²) in [5, 5.41) is 4.95. The van der Waals surface area contributed by atoms with E-state index in [0.29, 0.717) is 46.6 Å². The summed E-state index contributed by atoms with van der Waals surface area (Å²) in [6, 6.07) is 26.8. The third kappa shape index (κ3) is 6.00. The van der Waals surface area contributed by atoms with Gasteiger partial charge in [-0.05, 0) is 90.9 Å². The number of allylic oxidation sites excluding steroid dienone is 2. The fourth-order valence-electron chi connectivity index (χ4n) is 5.81. The zero-order valence-electron chi connectivity index (χ0n) is 23.1. The van der Waals surface area contributed by atoms with Gasteiger partial charge in [-0.3, -0.25) is 4.99 Å². The van der Waals surface area contributed by atoms with Crippen LogP contribution >= 0.6 is 23.2 Å². The van der Waals surface area contributed by atoms with Crippen molar-refractivity contribution in [3.05, 3.63) is 129 Å². The number of halogens is 2. The highest BCUT2D eigenvalue weighted by Gasteiger charge is 2.37. The summed E-state index contributed by atoms with van der Waals surface area (Å²) >= 11 is 12.8. The minimum atomic E-state index is 0.259. The molecule has 41 heavy (non-hydrogen) atoms. The van der Waals surface area contributed by atoms with Crippen molar-refractivity contribution >= 4 is 40.8 Å². The van der Waals surface area contributed by atoms with Gasteiger partial charge >= 0.3 is 0 Å². The van der Waals surface area contributed by atoms with E-state index in [-0.39, 0.29) is 6.04 Å². The summed E-state index contributed by atoms with van der Waals surface area (Å²) in [4.78, 5) is 4.72. The molecule has 0 saturated heterocycles. The van der Waals surface area contributed by atoms with Crippen LogP contribution in [0.5, 0.6) is 11.5 Å². The molecule has 1 heterocycles. The quantitative estimate of drug-likeness (QED) is 0.166. The monoisotopic (exact) mass is 582 g/mol. The number of hydrogen-bond donors (Lipinski definition) is 1. The third-order valence-electron chi connectivity index (χ3n) is 7.74. The maximum atomic E-state index is 6.64. The number of hydrogen-bond acceptors (Lipinski definition) is 4. The Morgan fingerprint density at radius 3 is 2.63 bits per heavy atom. The topological polar surface area (TPSA) is 42.8 Å². The van der Waals surface area contributed by atoms with Crippen molar-refractivity contribution in [3.8, 4) is 11.5 Å². The predicted octanol–water partition coefficient (Wildman–Crippen LogP) is 9.86. The molecule has 1 aliphatic heterocycles. The molecule has 208 valence electrons. The summed E-state index contributed by atoms with van der Waals surface area (Å²) in [6.45, 7) is 4.92. The van der Waals surface area contributed by atoms with Gasteiger partial charge in [0, 0.05) is 22.8 Å². The number of ether oxygens (including phenoxy) is 2. The number of benzene rings is 4. The average Bonchev–Trinajstić information content (AvgIpc) is 3.46. The lowest BCUT2D eigenvalue weighted by atomic mass is 9.76. The summed E-state index contributed by atoms with van der Waals surface area (Å²) in [7, 11) is 0. The van der Waals surface area contributed by atoms with Crippen molar-refractivity contribution in [2.24, 2.45) is 10.9 Å². The normalized spacial score (nSPS) is 19.1. The number of nitrogens with one attached hydrogen (secondary N) is 1. The van der Waals surface area contributed by atoms with Gasteiger partial charge in [-0.15, -0.1) is 0 Å². The number of rotatable bonds is 8. The van der Waals surface area contributed by atoms with Crippen molar-refractivity contribution in [3.63, 3.8) is 0 Å². The second kappa shape index (κ2) is 12.0. The Morgan fingerprint density at radius 2 is 1.83 bits per heavy atom. The Balaban J connectivity index is 1.18. The van der Waals surface area contributed by atoms with E-state index in [2.05, 4.69) is 66.9 Å². The van der Waals surface area contributed by atoms with Gasteiger partial charge in [0.1, 0.15) is 6.61 Å². The van der Waals surface area contributed by atoms with Crippen molar-refractivity contribution < 1.29 is 9.47 Å². The van der Waals surface area contributed by atoms with Crippen LogP contribution in [0.3, 0.4) is 0 Å². The second-order valence-electron chi connectivity index (χ2n) is 10.6. The van der Waals surface area contributed by atoms with E-state index in [1.165, 1.54) is 22.4 Å². The fraction of sp³-hybridized carbons (Fsp3) is 0.229. The van der Waals surface area contributed by atoms with Crippen LogP contribution in [-0.2, 0) is 6.61 Å². The predicted molar refractivity (Wildman–Crippen MR) is 170 cm³/mol. The van der Waals surface area contributed by atoms with E-state index in [1.54, 1.807) is 6.21 Å². The Labute approximate surface area is 251 Å². The first-order valence-electron chi connectivity index (χ1n) is 14.0. The highest BCUT2D eigenvalue weighted by molar-refractivity contribution is 6.32. The van der Waals surface area contributed by atoms with Gasteiger partial charge in [-0.25, -0.2) is 0 Å². The number of nitrogens with zero attached hydrogens (tertiary/aromatic N) is 1. The van der Waals surface area contributed by atoms with Crippen molar-refractivity contribution in [1.29, 1.82) is 0 Å². The molecular formula is C35H32Cl2N2O2. The molecule has 6 rings (SSSR count). The Hall–Kier alpha value is -3.73. The van der Waals surface area contributed by atoms with Crippen molar-refractivity contribution in [2.75, 3.05) is 11.9 Å². The lowest BCUT2D eigenvalue weighted by molar-refractivity contribution is 0.269. The van der Waals surface area contributed by atoms with Crippen LogP contribution in [0.4, 0.5) is 11.4 Å². The second-order valence-corrected chi connectivity index (χ2v) is 11.4. The van der Waals surface area contributed by atoms with Crippen LogP contribution in [0, 0.1) is 12.8 Å². The zero-order chi connectivity index (χ0) is 28.3. The van der Waals surface area contributed by atoms with Crippen molar-refractivity contribution in [2.45, 2.75) is 38.8 Å². The minimum absolute atomic E-state index is 0.259. The van der Waals surface area contributed by atoms with Gasteiger partial charge in [-0.2, -0.15) is 0 Å². The molecule has 0 spiro atoms. The van der Waals surface area contributed by atoms with E-state index in [9.17, 15) is 0 Å². The molecule has 6 heteroatoms. The highest BCUT2D eigenvalue weighted by Crippen LogP contribution is 2.50. The maximum Gasteiger partial charge on any atom is 0.180 e.